The van der Waals surface area contributed by atoms with E-state index in [0.29, 0.717) is 11.1 Å². The average molecular weight is 180 g/mol. The zero-order valence-corrected chi connectivity index (χ0v) is 7.10. The minimum absolute atomic E-state index is 0.151. The fourth-order valence-corrected chi connectivity index (χ4v) is 1.03. The van der Waals surface area contributed by atoms with E-state index in [2.05, 4.69) is 0 Å². The highest BCUT2D eigenvalue weighted by Crippen LogP contribution is 2.11. The topological polar surface area (TPSA) is 89.3 Å². The molecule has 0 spiro atoms. The Bertz CT molecular complexity index is 312. The van der Waals surface area contributed by atoms with Crippen LogP contribution in [0, 0.1) is 0 Å². The molecule has 0 aromatic heterocycles. The molecule has 70 valence electrons. The van der Waals surface area contributed by atoms with Crippen LogP contribution in [0.15, 0.2) is 24.3 Å². The molecule has 0 saturated heterocycles. The lowest BCUT2D eigenvalue weighted by molar-refractivity contribution is 0.1000. The summed E-state index contributed by atoms with van der Waals surface area (Å²) in [6.45, 7) is -0.151. The van der Waals surface area contributed by atoms with Crippen LogP contribution in [-0.4, -0.2) is 17.6 Å². The summed E-state index contributed by atoms with van der Waals surface area (Å²) in [7, 11) is 0. The van der Waals surface area contributed by atoms with Crippen molar-refractivity contribution < 1.29 is 9.90 Å². The van der Waals surface area contributed by atoms with E-state index in [1.165, 1.54) is 0 Å². The minimum atomic E-state index is -0.494. The molecule has 1 aromatic rings. The standard InChI is InChI=1S/C9H12N2O2/c10-8(5-12)6-2-1-3-7(4-6)9(11)13/h1-4,8,12H,5,10H2,(H2,11,13)/t8-/m0/s1. The van der Waals surface area contributed by atoms with Crippen LogP contribution in [0.4, 0.5) is 0 Å². The number of aliphatic hydroxyl groups is 1. The first-order chi connectivity index (χ1) is 6.15. The quantitative estimate of drug-likeness (QED) is 0.600. The first-order valence-corrected chi connectivity index (χ1v) is 3.91. The average Bonchev–Trinajstić information content (AvgIpc) is 2.17. The summed E-state index contributed by atoms with van der Waals surface area (Å²) < 4.78 is 0. The molecule has 1 rings (SSSR count). The molecule has 0 radical (unpaired) electrons. The number of nitrogens with two attached hydrogens (primary N) is 2. The maximum absolute atomic E-state index is 10.8. The van der Waals surface area contributed by atoms with E-state index in [0.717, 1.165) is 0 Å². The number of aliphatic hydroxyl groups excluding tert-OH is 1. The molecule has 4 heteroatoms. The van der Waals surface area contributed by atoms with Crippen molar-refractivity contribution in [2.45, 2.75) is 6.04 Å². The van der Waals surface area contributed by atoms with Gasteiger partial charge in [0.1, 0.15) is 0 Å². The van der Waals surface area contributed by atoms with Crippen LogP contribution in [0.3, 0.4) is 0 Å². The second kappa shape index (κ2) is 4.02. The molecule has 0 fully saturated rings. The number of hydrogen-bond acceptors (Lipinski definition) is 3. The highest BCUT2D eigenvalue weighted by molar-refractivity contribution is 5.92. The molecule has 0 saturated carbocycles. The van der Waals surface area contributed by atoms with E-state index in [1.807, 2.05) is 0 Å². The van der Waals surface area contributed by atoms with Crippen LogP contribution in [0.25, 0.3) is 0 Å². The molecule has 0 unspecified atom stereocenters. The lowest BCUT2D eigenvalue weighted by Gasteiger charge is -2.08. The van der Waals surface area contributed by atoms with Crippen molar-refractivity contribution >= 4 is 5.91 Å². The maximum Gasteiger partial charge on any atom is 0.248 e. The van der Waals surface area contributed by atoms with Crippen molar-refractivity contribution in [1.29, 1.82) is 0 Å². The maximum atomic E-state index is 10.8. The van der Waals surface area contributed by atoms with Gasteiger partial charge in [-0.05, 0) is 17.7 Å². The van der Waals surface area contributed by atoms with E-state index in [1.54, 1.807) is 24.3 Å². The lowest BCUT2D eigenvalue weighted by Crippen LogP contribution is -2.16. The molecule has 13 heavy (non-hydrogen) atoms. The van der Waals surface area contributed by atoms with Crippen LogP contribution in [-0.2, 0) is 0 Å². The van der Waals surface area contributed by atoms with Gasteiger partial charge in [0.2, 0.25) is 5.91 Å². The molecule has 0 heterocycles. The first kappa shape index (κ1) is 9.70. The Kier molecular flexibility index (Phi) is 3.00. The second-order valence-corrected chi connectivity index (χ2v) is 2.78. The molecule has 0 aliphatic heterocycles. The van der Waals surface area contributed by atoms with Crippen LogP contribution in [0.5, 0.6) is 0 Å². The predicted molar refractivity (Wildman–Crippen MR) is 49.0 cm³/mol. The van der Waals surface area contributed by atoms with Gasteiger partial charge in [0.05, 0.1) is 12.6 Å². The Balaban J connectivity index is 2.98. The zero-order valence-electron chi connectivity index (χ0n) is 7.10. The Hall–Kier alpha value is -1.39. The highest BCUT2D eigenvalue weighted by Gasteiger charge is 2.06. The van der Waals surface area contributed by atoms with Crippen molar-refractivity contribution in [3.8, 4) is 0 Å². The van der Waals surface area contributed by atoms with Gasteiger partial charge in [0, 0.05) is 5.56 Å². The van der Waals surface area contributed by atoms with E-state index >= 15 is 0 Å². The van der Waals surface area contributed by atoms with Gasteiger partial charge in [0.15, 0.2) is 0 Å². The molecule has 0 aliphatic rings. The molecular weight excluding hydrogens is 168 g/mol. The van der Waals surface area contributed by atoms with Crippen LogP contribution in [0.1, 0.15) is 22.0 Å². The SMILES string of the molecule is NC(=O)c1cccc([C@@H](N)CO)c1. The van der Waals surface area contributed by atoms with Gasteiger partial charge in [-0.3, -0.25) is 4.79 Å². The molecule has 1 aromatic carbocycles. The van der Waals surface area contributed by atoms with Gasteiger partial charge in [-0.15, -0.1) is 0 Å². The summed E-state index contributed by atoms with van der Waals surface area (Å²) in [6, 6.07) is 6.16. The monoisotopic (exact) mass is 180 g/mol. The lowest BCUT2D eigenvalue weighted by atomic mass is 10.1. The van der Waals surface area contributed by atoms with Crippen molar-refractivity contribution in [2.24, 2.45) is 11.5 Å². The Morgan fingerprint density at radius 3 is 2.77 bits per heavy atom. The molecule has 4 nitrogen and oxygen atoms in total. The number of rotatable bonds is 3. The number of carbonyl (C=O) groups is 1. The number of amides is 1. The van der Waals surface area contributed by atoms with E-state index in [4.69, 9.17) is 16.6 Å². The van der Waals surface area contributed by atoms with Gasteiger partial charge in [-0.1, -0.05) is 12.1 Å². The second-order valence-electron chi connectivity index (χ2n) is 2.78. The Labute approximate surface area is 76.2 Å². The van der Waals surface area contributed by atoms with Gasteiger partial charge >= 0.3 is 0 Å². The van der Waals surface area contributed by atoms with Crippen molar-refractivity contribution in [1.82, 2.24) is 0 Å². The van der Waals surface area contributed by atoms with Crippen molar-refractivity contribution in [3.05, 3.63) is 35.4 Å². The third kappa shape index (κ3) is 2.27. The minimum Gasteiger partial charge on any atom is -0.394 e. The van der Waals surface area contributed by atoms with Gasteiger partial charge in [-0.25, -0.2) is 0 Å². The molecule has 0 bridgehead atoms. The van der Waals surface area contributed by atoms with Gasteiger partial charge in [0.25, 0.3) is 0 Å². The summed E-state index contributed by atoms with van der Waals surface area (Å²) in [5.74, 6) is -0.494. The number of hydrogen-bond donors (Lipinski definition) is 3. The van der Waals surface area contributed by atoms with Crippen molar-refractivity contribution in [2.75, 3.05) is 6.61 Å². The largest absolute Gasteiger partial charge is 0.394 e. The van der Waals surface area contributed by atoms with Crippen molar-refractivity contribution in [3.63, 3.8) is 0 Å². The Morgan fingerprint density at radius 2 is 2.23 bits per heavy atom. The highest BCUT2D eigenvalue weighted by atomic mass is 16.3. The zero-order chi connectivity index (χ0) is 9.84. The summed E-state index contributed by atoms with van der Waals surface area (Å²) in [6.07, 6.45) is 0. The van der Waals surface area contributed by atoms with Crippen LogP contribution < -0.4 is 11.5 Å². The summed E-state index contributed by atoms with van der Waals surface area (Å²) in [5.41, 5.74) is 11.8. The number of primary amides is 1. The summed E-state index contributed by atoms with van der Waals surface area (Å²) in [5, 5.41) is 8.78. The normalized spacial score (nSPS) is 12.5. The van der Waals surface area contributed by atoms with E-state index in [-0.39, 0.29) is 6.61 Å². The smallest absolute Gasteiger partial charge is 0.248 e. The first-order valence-electron chi connectivity index (χ1n) is 3.91. The molecule has 1 amide bonds. The van der Waals surface area contributed by atoms with E-state index < -0.39 is 11.9 Å². The van der Waals surface area contributed by atoms with Gasteiger partial charge in [-0.2, -0.15) is 0 Å². The third-order valence-corrected chi connectivity index (χ3v) is 1.80. The third-order valence-electron chi connectivity index (χ3n) is 1.80. The van der Waals surface area contributed by atoms with E-state index in [9.17, 15) is 4.79 Å². The Morgan fingerprint density at radius 1 is 1.54 bits per heavy atom. The molecular formula is C9H12N2O2. The van der Waals surface area contributed by atoms with Gasteiger partial charge < -0.3 is 16.6 Å². The molecule has 1 atom stereocenters. The summed E-state index contributed by atoms with van der Waals surface area (Å²) in [4.78, 5) is 10.8. The van der Waals surface area contributed by atoms with Crippen LogP contribution >= 0.6 is 0 Å². The van der Waals surface area contributed by atoms with Crippen LogP contribution in [0.2, 0.25) is 0 Å². The number of benzene rings is 1. The molecule has 5 N–H and O–H groups in total. The predicted octanol–water partition coefficient (Wildman–Crippen LogP) is -0.222. The summed E-state index contributed by atoms with van der Waals surface area (Å²) >= 11 is 0. The fourth-order valence-electron chi connectivity index (χ4n) is 1.03. The number of carbonyl (C=O) groups excluding carboxylic acids is 1. The fraction of sp³-hybridized carbons (Fsp3) is 0.222. The molecule has 0 aliphatic carbocycles.